The summed E-state index contributed by atoms with van der Waals surface area (Å²) in [7, 11) is 0. The van der Waals surface area contributed by atoms with E-state index in [-0.39, 0.29) is 5.56 Å². The minimum atomic E-state index is -4.58. The van der Waals surface area contributed by atoms with Crippen molar-refractivity contribution in [3.05, 3.63) is 83.4 Å². The molecule has 0 spiro atoms. The number of pyridine rings is 1. The lowest BCUT2D eigenvalue weighted by molar-refractivity contribution is -0.141. The SMILES string of the molecule is O=C(Nc1ccc(-n2nc(C(F)(F)F)cc2-c2cccs2)cc1)c1ccncc1F. The first-order chi connectivity index (χ1) is 14.3. The minimum Gasteiger partial charge on any atom is -0.322 e. The van der Waals surface area contributed by atoms with E-state index in [9.17, 15) is 22.4 Å². The fourth-order valence-corrected chi connectivity index (χ4v) is 3.49. The topological polar surface area (TPSA) is 59.8 Å². The van der Waals surface area contributed by atoms with Gasteiger partial charge in [-0.15, -0.1) is 11.3 Å². The van der Waals surface area contributed by atoms with Crippen LogP contribution in [-0.4, -0.2) is 20.7 Å². The average molecular weight is 432 g/mol. The third kappa shape index (κ3) is 3.94. The number of hydrogen-bond donors (Lipinski definition) is 1. The van der Waals surface area contributed by atoms with Gasteiger partial charge in [0.1, 0.15) is 0 Å². The van der Waals surface area contributed by atoms with Crippen molar-refractivity contribution in [1.29, 1.82) is 0 Å². The predicted octanol–water partition coefficient (Wildman–Crippen LogP) is 5.41. The van der Waals surface area contributed by atoms with Gasteiger partial charge in [-0.2, -0.15) is 18.3 Å². The molecule has 0 unspecified atom stereocenters. The number of halogens is 4. The van der Waals surface area contributed by atoms with E-state index in [1.54, 1.807) is 17.5 Å². The Bertz CT molecular complexity index is 1180. The van der Waals surface area contributed by atoms with Crippen molar-refractivity contribution < 1.29 is 22.4 Å². The van der Waals surface area contributed by atoms with Crippen molar-refractivity contribution in [3.63, 3.8) is 0 Å². The molecule has 0 aliphatic rings. The molecule has 152 valence electrons. The van der Waals surface area contributed by atoms with E-state index in [1.165, 1.54) is 52.5 Å². The van der Waals surface area contributed by atoms with E-state index in [2.05, 4.69) is 15.4 Å². The minimum absolute atomic E-state index is 0.170. The molecule has 0 atom stereocenters. The number of anilines is 1. The van der Waals surface area contributed by atoms with E-state index in [0.29, 0.717) is 21.9 Å². The lowest BCUT2D eigenvalue weighted by Crippen LogP contribution is -2.14. The lowest BCUT2D eigenvalue weighted by Gasteiger charge is -2.09. The molecule has 4 rings (SSSR count). The summed E-state index contributed by atoms with van der Waals surface area (Å²) in [4.78, 5) is 16.4. The molecule has 0 bridgehead atoms. The van der Waals surface area contributed by atoms with Crippen LogP contribution >= 0.6 is 11.3 Å². The summed E-state index contributed by atoms with van der Waals surface area (Å²) in [5.41, 5.74) is -0.150. The Kier molecular flexibility index (Phi) is 5.08. The summed E-state index contributed by atoms with van der Waals surface area (Å²) >= 11 is 1.29. The molecule has 1 amide bonds. The normalized spacial score (nSPS) is 11.5. The van der Waals surface area contributed by atoms with Crippen LogP contribution in [-0.2, 0) is 6.18 Å². The quantitative estimate of drug-likeness (QED) is 0.439. The maximum absolute atomic E-state index is 13.7. The van der Waals surface area contributed by atoms with Crippen LogP contribution in [0.1, 0.15) is 16.1 Å². The van der Waals surface area contributed by atoms with Gasteiger partial charge >= 0.3 is 6.18 Å². The molecule has 3 aromatic heterocycles. The Morgan fingerprint density at radius 2 is 1.87 bits per heavy atom. The highest BCUT2D eigenvalue weighted by atomic mass is 32.1. The summed E-state index contributed by atoms with van der Waals surface area (Å²) in [6, 6.07) is 11.7. The molecule has 0 aliphatic heterocycles. The van der Waals surface area contributed by atoms with Gasteiger partial charge in [0, 0.05) is 11.9 Å². The fourth-order valence-electron chi connectivity index (χ4n) is 2.76. The first-order valence-corrected chi connectivity index (χ1v) is 9.43. The van der Waals surface area contributed by atoms with Gasteiger partial charge in [0.15, 0.2) is 11.5 Å². The zero-order valence-electron chi connectivity index (χ0n) is 15.0. The summed E-state index contributed by atoms with van der Waals surface area (Å²) < 4.78 is 54.4. The number of nitrogens with one attached hydrogen (secondary N) is 1. The number of carbonyl (C=O) groups is 1. The number of carbonyl (C=O) groups excluding carboxylic acids is 1. The van der Waals surface area contributed by atoms with Crippen LogP contribution in [0.3, 0.4) is 0 Å². The zero-order chi connectivity index (χ0) is 21.3. The van der Waals surface area contributed by atoms with Gasteiger partial charge in [-0.1, -0.05) is 6.07 Å². The van der Waals surface area contributed by atoms with Crippen molar-refractivity contribution in [2.24, 2.45) is 0 Å². The van der Waals surface area contributed by atoms with Crippen molar-refractivity contribution in [2.75, 3.05) is 5.32 Å². The number of nitrogens with zero attached hydrogens (tertiary/aromatic N) is 3. The summed E-state index contributed by atoms with van der Waals surface area (Å²) in [6.45, 7) is 0. The number of thiophene rings is 1. The van der Waals surface area contributed by atoms with Crippen LogP contribution in [0, 0.1) is 5.82 Å². The first-order valence-electron chi connectivity index (χ1n) is 8.55. The van der Waals surface area contributed by atoms with Gasteiger partial charge in [0.2, 0.25) is 0 Å². The van der Waals surface area contributed by atoms with Crippen molar-refractivity contribution in [3.8, 4) is 16.3 Å². The van der Waals surface area contributed by atoms with Gasteiger partial charge in [-0.05, 0) is 47.8 Å². The predicted molar refractivity (Wildman–Crippen MR) is 104 cm³/mol. The fraction of sp³-hybridized carbons (Fsp3) is 0.0500. The van der Waals surface area contributed by atoms with Crippen molar-refractivity contribution in [2.45, 2.75) is 6.18 Å². The number of alkyl halides is 3. The van der Waals surface area contributed by atoms with Gasteiger partial charge in [0.25, 0.3) is 5.91 Å². The zero-order valence-corrected chi connectivity index (χ0v) is 15.8. The van der Waals surface area contributed by atoms with E-state index < -0.39 is 23.6 Å². The van der Waals surface area contributed by atoms with Crippen LogP contribution < -0.4 is 5.32 Å². The van der Waals surface area contributed by atoms with E-state index >= 15 is 0 Å². The highest BCUT2D eigenvalue weighted by Gasteiger charge is 2.35. The molecule has 1 aromatic carbocycles. The van der Waals surface area contributed by atoms with Crippen LogP contribution in [0.15, 0.2) is 66.3 Å². The third-order valence-corrected chi connectivity index (χ3v) is 5.05. The van der Waals surface area contributed by atoms with Crippen LogP contribution in [0.25, 0.3) is 16.3 Å². The molecule has 0 fully saturated rings. The van der Waals surface area contributed by atoms with Gasteiger partial charge in [-0.3, -0.25) is 9.78 Å². The van der Waals surface area contributed by atoms with Crippen molar-refractivity contribution in [1.82, 2.24) is 14.8 Å². The Morgan fingerprint density at radius 3 is 2.50 bits per heavy atom. The maximum Gasteiger partial charge on any atom is 0.435 e. The van der Waals surface area contributed by atoms with Crippen LogP contribution in [0.2, 0.25) is 0 Å². The van der Waals surface area contributed by atoms with Gasteiger partial charge < -0.3 is 5.32 Å². The molecule has 0 aliphatic carbocycles. The molecule has 10 heteroatoms. The molecule has 1 N–H and O–H groups in total. The first kappa shape index (κ1) is 19.8. The highest BCUT2D eigenvalue weighted by molar-refractivity contribution is 7.13. The molecular weight excluding hydrogens is 420 g/mol. The molecule has 0 radical (unpaired) electrons. The number of amides is 1. The molecule has 4 aromatic rings. The lowest BCUT2D eigenvalue weighted by atomic mass is 10.2. The molecule has 5 nitrogen and oxygen atoms in total. The average Bonchev–Trinajstić information content (AvgIpc) is 3.38. The van der Waals surface area contributed by atoms with Gasteiger partial charge in [0.05, 0.1) is 28.0 Å². The van der Waals surface area contributed by atoms with Crippen molar-refractivity contribution >= 4 is 22.9 Å². The Hall–Kier alpha value is -3.53. The third-order valence-electron chi connectivity index (χ3n) is 4.16. The molecule has 30 heavy (non-hydrogen) atoms. The summed E-state index contributed by atoms with van der Waals surface area (Å²) in [5, 5.41) is 8.01. The number of rotatable bonds is 4. The monoisotopic (exact) mass is 432 g/mol. The van der Waals surface area contributed by atoms with E-state index in [1.807, 2.05) is 0 Å². The summed E-state index contributed by atoms with van der Waals surface area (Å²) in [5.74, 6) is -1.43. The van der Waals surface area contributed by atoms with Crippen LogP contribution in [0.4, 0.5) is 23.2 Å². The van der Waals surface area contributed by atoms with E-state index in [4.69, 9.17) is 0 Å². The highest BCUT2D eigenvalue weighted by Crippen LogP contribution is 2.34. The maximum atomic E-state index is 13.7. The molecule has 0 saturated heterocycles. The number of aromatic nitrogens is 3. The largest absolute Gasteiger partial charge is 0.435 e. The second-order valence-electron chi connectivity index (χ2n) is 6.16. The number of benzene rings is 1. The Balaban J connectivity index is 1.64. The Labute approximate surface area is 171 Å². The molecular formula is C20H12F4N4OS. The Morgan fingerprint density at radius 1 is 1.10 bits per heavy atom. The van der Waals surface area contributed by atoms with Gasteiger partial charge in [-0.25, -0.2) is 9.07 Å². The molecule has 3 heterocycles. The van der Waals surface area contributed by atoms with E-state index in [0.717, 1.165) is 12.3 Å². The molecule has 0 saturated carbocycles. The number of hydrogen-bond acceptors (Lipinski definition) is 4. The second-order valence-corrected chi connectivity index (χ2v) is 7.11. The van der Waals surface area contributed by atoms with Crippen LogP contribution in [0.5, 0.6) is 0 Å². The standard InChI is InChI=1S/C20H12F4N4OS/c21-15-11-25-8-7-14(15)19(29)26-12-3-5-13(6-4-12)28-16(17-2-1-9-30-17)10-18(27-28)20(22,23)24/h1-11H,(H,26,29). The summed E-state index contributed by atoms with van der Waals surface area (Å²) in [6.07, 6.45) is -2.36. The second kappa shape index (κ2) is 7.71. The smallest absolute Gasteiger partial charge is 0.322 e.